The molecule has 2 aromatic rings. The van der Waals surface area contributed by atoms with Gasteiger partial charge in [-0.15, -0.1) is 0 Å². The van der Waals surface area contributed by atoms with E-state index >= 15 is 0 Å². The zero-order valence-corrected chi connectivity index (χ0v) is 15.2. The molecule has 0 spiro atoms. The van der Waals surface area contributed by atoms with Crippen LogP contribution in [-0.4, -0.2) is 17.7 Å². The van der Waals surface area contributed by atoms with Crippen molar-refractivity contribution in [1.29, 1.82) is 0 Å². The summed E-state index contributed by atoms with van der Waals surface area (Å²) < 4.78 is 10.4. The maximum absolute atomic E-state index is 12.0. The van der Waals surface area contributed by atoms with Gasteiger partial charge in [0.1, 0.15) is 18.2 Å². The Balaban J connectivity index is 1.88. The van der Waals surface area contributed by atoms with Crippen molar-refractivity contribution >= 4 is 17.7 Å². The Hall–Kier alpha value is -2.86. The number of hydrogen-bond acceptors (Lipinski definition) is 5. The summed E-state index contributed by atoms with van der Waals surface area (Å²) in [5, 5.41) is 2.63. The number of anilines is 1. The van der Waals surface area contributed by atoms with Crippen LogP contribution in [0, 0.1) is 0 Å². The van der Waals surface area contributed by atoms with E-state index in [1.807, 2.05) is 30.3 Å². The van der Waals surface area contributed by atoms with Gasteiger partial charge in [-0.1, -0.05) is 42.5 Å². The molecule has 26 heavy (non-hydrogen) atoms. The maximum atomic E-state index is 12.0. The molecule has 1 atom stereocenters. The molecule has 0 fully saturated rings. The number of amides is 1. The van der Waals surface area contributed by atoms with Gasteiger partial charge in [0, 0.05) is 5.69 Å². The van der Waals surface area contributed by atoms with E-state index in [1.54, 1.807) is 45.0 Å². The molecule has 1 amide bonds. The Morgan fingerprint density at radius 2 is 1.65 bits per heavy atom. The highest BCUT2D eigenvalue weighted by Crippen LogP contribution is 2.19. The van der Waals surface area contributed by atoms with Crippen molar-refractivity contribution < 1.29 is 19.1 Å². The molecule has 138 valence electrons. The monoisotopic (exact) mass is 356 g/mol. The summed E-state index contributed by atoms with van der Waals surface area (Å²) in [6.07, 6.45) is -0.557. The van der Waals surface area contributed by atoms with E-state index in [0.29, 0.717) is 11.3 Å². The molecule has 0 saturated carbocycles. The molecule has 2 aromatic carbocycles. The van der Waals surface area contributed by atoms with Crippen LogP contribution in [0.15, 0.2) is 54.6 Å². The average molecular weight is 356 g/mol. The SMILES string of the molecule is CC(C)(C)OC(=O)C(N)c1ccc(NC(=O)OCc2ccccc2)cc1. The van der Waals surface area contributed by atoms with Crippen molar-refractivity contribution in [3.8, 4) is 0 Å². The van der Waals surface area contributed by atoms with Gasteiger partial charge in [0.05, 0.1) is 0 Å². The molecule has 6 nitrogen and oxygen atoms in total. The Labute approximate surface area is 153 Å². The number of benzene rings is 2. The number of nitrogens with one attached hydrogen (secondary N) is 1. The number of nitrogens with two attached hydrogens (primary N) is 1. The van der Waals surface area contributed by atoms with Gasteiger partial charge in [-0.3, -0.25) is 5.32 Å². The highest BCUT2D eigenvalue weighted by molar-refractivity contribution is 5.85. The summed E-state index contributed by atoms with van der Waals surface area (Å²) in [6, 6.07) is 15.2. The lowest BCUT2D eigenvalue weighted by Gasteiger charge is -2.22. The van der Waals surface area contributed by atoms with Crippen LogP contribution in [0.4, 0.5) is 10.5 Å². The smallest absolute Gasteiger partial charge is 0.411 e. The second-order valence-electron chi connectivity index (χ2n) is 6.82. The molecule has 0 radical (unpaired) electrons. The summed E-state index contributed by atoms with van der Waals surface area (Å²) in [6.45, 7) is 5.54. The third kappa shape index (κ3) is 6.22. The first kappa shape index (κ1) is 19.5. The van der Waals surface area contributed by atoms with Gasteiger partial charge in [0.25, 0.3) is 0 Å². The summed E-state index contributed by atoms with van der Waals surface area (Å²) in [7, 11) is 0. The highest BCUT2D eigenvalue weighted by atomic mass is 16.6. The quantitative estimate of drug-likeness (QED) is 0.796. The lowest BCUT2D eigenvalue weighted by molar-refractivity contribution is -0.156. The van der Waals surface area contributed by atoms with Crippen molar-refractivity contribution in [3.05, 3.63) is 65.7 Å². The fourth-order valence-corrected chi connectivity index (χ4v) is 2.15. The van der Waals surface area contributed by atoms with Gasteiger partial charge in [-0.05, 0) is 44.0 Å². The zero-order valence-electron chi connectivity index (χ0n) is 15.2. The standard InChI is InChI=1S/C20H24N2O4/c1-20(2,3)26-18(23)17(21)15-9-11-16(12-10-15)22-19(24)25-13-14-7-5-4-6-8-14/h4-12,17H,13,21H2,1-3H3,(H,22,24). The van der Waals surface area contributed by atoms with Crippen LogP contribution < -0.4 is 11.1 Å². The van der Waals surface area contributed by atoms with Crippen molar-refractivity contribution in [2.24, 2.45) is 5.73 Å². The second-order valence-corrected chi connectivity index (χ2v) is 6.82. The molecule has 6 heteroatoms. The third-order valence-corrected chi connectivity index (χ3v) is 3.39. The average Bonchev–Trinajstić information content (AvgIpc) is 2.59. The Bertz CT molecular complexity index is 737. The first-order valence-electron chi connectivity index (χ1n) is 8.31. The highest BCUT2D eigenvalue weighted by Gasteiger charge is 2.23. The number of rotatable bonds is 5. The molecule has 0 aliphatic heterocycles. The van der Waals surface area contributed by atoms with Crippen molar-refractivity contribution in [1.82, 2.24) is 0 Å². The van der Waals surface area contributed by atoms with Crippen LogP contribution >= 0.6 is 0 Å². The molecule has 0 heterocycles. The van der Waals surface area contributed by atoms with Gasteiger partial charge in [-0.25, -0.2) is 9.59 Å². The minimum atomic E-state index is -0.881. The molecule has 1 unspecified atom stereocenters. The van der Waals surface area contributed by atoms with Crippen LogP contribution in [0.1, 0.15) is 37.9 Å². The molecule has 0 aliphatic carbocycles. The molecule has 0 aromatic heterocycles. The number of hydrogen-bond donors (Lipinski definition) is 2. The largest absolute Gasteiger partial charge is 0.459 e. The first-order valence-corrected chi connectivity index (χ1v) is 8.31. The predicted molar refractivity (Wildman–Crippen MR) is 99.5 cm³/mol. The molecule has 3 N–H and O–H groups in total. The van der Waals surface area contributed by atoms with Crippen molar-refractivity contribution in [3.63, 3.8) is 0 Å². The maximum Gasteiger partial charge on any atom is 0.411 e. The Morgan fingerprint density at radius 3 is 2.23 bits per heavy atom. The van der Waals surface area contributed by atoms with Crippen molar-refractivity contribution in [2.75, 3.05) is 5.32 Å². The molecule has 0 saturated heterocycles. The number of carbonyl (C=O) groups is 2. The molecule has 2 rings (SSSR count). The van der Waals surface area contributed by atoms with E-state index < -0.39 is 23.7 Å². The minimum absolute atomic E-state index is 0.189. The second kappa shape index (κ2) is 8.49. The Kier molecular flexibility index (Phi) is 6.36. The third-order valence-electron chi connectivity index (χ3n) is 3.39. The van der Waals surface area contributed by atoms with Gasteiger partial charge in [0.2, 0.25) is 0 Å². The van der Waals surface area contributed by atoms with Crippen LogP contribution in [0.2, 0.25) is 0 Å². The van der Waals surface area contributed by atoms with Crippen molar-refractivity contribution in [2.45, 2.75) is 39.0 Å². The van der Waals surface area contributed by atoms with Gasteiger partial charge in [0.15, 0.2) is 0 Å². The lowest BCUT2D eigenvalue weighted by atomic mass is 10.1. The molecule has 0 bridgehead atoms. The van der Waals surface area contributed by atoms with Crippen LogP contribution in [0.5, 0.6) is 0 Å². The normalized spacial score (nSPS) is 12.2. The number of esters is 1. The van der Waals surface area contributed by atoms with Crippen LogP contribution in [0.25, 0.3) is 0 Å². The predicted octanol–water partition coefficient (Wildman–Crippen LogP) is 3.78. The van der Waals surface area contributed by atoms with E-state index in [9.17, 15) is 9.59 Å². The molecular formula is C20H24N2O4. The van der Waals surface area contributed by atoms with E-state index in [4.69, 9.17) is 15.2 Å². The van der Waals surface area contributed by atoms with Gasteiger partial charge < -0.3 is 15.2 Å². The first-order chi connectivity index (χ1) is 12.2. The van der Waals surface area contributed by atoms with Crippen LogP contribution in [-0.2, 0) is 20.9 Å². The summed E-state index contributed by atoms with van der Waals surface area (Å²) >= 11 is 0. The minimum Gasteiger partial charge on any atom is -0.459 e. The van der Waals surface area contributed by atoms with E-state index in [-0.39, 0.29) is 6.61 Å². The number of carbonyl (C=O) groups excluding carboxylic acids is 2. The summed E-state index contributed by atoms with van der Waals surface area (Å²) in [5.74, 6) is -0.500. The van der Waals surface area contributed by atoms with E-state index in [1.165, 1.54) is 0 Å². The van der Waals surface area contributed by atoms with E-state index in [2.05, 4.69) is 5.32 Å². The molecular weight excluding hydrogens is 332 g/mol. The number of ether oxygens (including phenoxy) is 2. The fraction of sp³-hybridized carbons (Fsp3) is 0.300. The zero-order chi connectivity index (χ0) is 19.2. The topological polar surface area (TPSA) is 90.6 Å². The van der Waals surface area contributed by atoms with Crippen LogP contribution in [0.3, 0.4) is 0 Å². The van der Waals surface area contributed by atoms with Gasteiger partial charge >= 0.3 is 12.1 Å². The Morgan fingerprint density at radius 1 is 1.04 bits per heavy atom. The lowest BCUT2D eigenvalue weighted by Crippen LogP contribution is -2.31. The van der Waals surface area contributed by atoms with Gasteiger partial charge in [-0.2, -0.15) is 0 Å². The summed E-state index contributed by atoms with van der Waals surface area (Å²) in [5.41, 5.74) is 7.37. The fourth-order valence-electron chi connectivity index (χ4n) is 2.15. The molecule has 0 aliphatic rings. The summed E-state index contributed by atoms with van der Waals surface area (Å²) in [4.78, 5) is 23.8. The van der Waals surface area contributed by atoms with E-state index in [0.717, 1.165) is 5.56 Å².